The summed E-state index contributed by atoms with van der Waals surface area (Å²) in [7, 11) is -7.33. The van der Waals surface area contributed by atoms with Gasteiger partial charge in [0.15, 0.2) is 0 Å². The van der Waals surface area contributed by atoms with E-state index in [4.69, 9.17) is 0 Å². The minimum Gasteiger partial charge on any atom is -0.219 e. The number of benzene rings is 4. The Labute approximate surface area is 202 Å². The predicted octanol–water partition coefficient (Wildman–Crippen LogP) is 5.71. The van der Waals surface area contributed by atoms with Crippen molar-refractivity contribution in [1.29, 1.82) is 0 Å². The van der Waals surface area contributed by atoms with Crippen molar-refractivity contribution in [2.75, 3.05) is 0 Å². The van der Waals surface area contributed by atoms with Crippen molar-refractivity contribution in [3.05, 3.63) is 92.1 Å². The van der Waals surface area contributed by atoms with Crippen LogP contribution in [0.3, 0.4) is 0 Å². The Balaban J connectivity index is 1.78. The lowest BCUT2D eigenvalue weighted by atomic mass is 10.1. The van der Waals surface area contributed by atoms with Crippen LogP contribution in [0.15, 0.2) is 105 Å². The molecule has 0 fully saturated rings. The monoisotopic (exact) mass is 660 g/mol. The van der Waals surface area contributed by atoms with Gasteiger partial charge in [-0.2, -0.15) is 0 Å². The number of halogens is 2. The third-order valence-corrected chi connectivity index (χ3v) is 9.46. The van der Waals surface area contributed by atoms with E-state index in [1.807, 2.05) is 12.1 Å². The van der Waals surface area contributed by atoms with E-state index in [-0.39, 0.29) is 19.6 Å². The smallest absolute Gasteiger partial charge is 0.206 e. The molecule has 0 unspecified atom stereocenters. The molecule has 0 atom stereocenters. The summed E-state index contributed by atoms with van der Waals surface area (Å²) >= 11 is 4.15. The number of sulfone groups is 2. The van der Waals surface area contributed by atoms with Crippen molar-refractivity contribution in [1.82, 2.24) is 0 Å². The van der Waals surface area contributed by atoms with E-state index in [0.717, 1.165) is 7.14 Å². The highest BCUT2D eigenvalue weighted by Gasteiger charge is 2.20. The highest BCUT2D eigenvalue weighted by Crippen LogP contribution is 2.29. The van der Waals surface area contributed by atoms with Crippen LogP contribution in [0.2, 0.25) is 0 Å². The van der Waals surface area contributed by atoms with Crippen molar-refractivity contribution < 1.29 is 16.8 Å². The molecular formula is C22H14I2O4S2. The maximum atomic E-state index is 13.0. The van der Waals surface area contributed by atoms with Gasteiger partial charge in [-0.3, -0.25) is 0 Å². The zero-order valence-electron chi connectivity index (χ0n) is 15.3. The van der Waals surface area contributed by atoms with Crippen molar-refractivity contribution in [3.63, 3.8) is 0 Å². The molecule has 0 amide bonds. The van der Waals surface area contributed by atoms with E-state index in [1.165, 1.54) is 12.1 Å². The molecule has 152 valence electrons. The number of hydrogen-bond acceptors (Lipinski definition) is 4. The molecule has 0 heterocycles. The molecule has 30 heavy (non-hydrogen) atoms. The van der Waals surface area contributed by atoms with E-state index in [0.29, 0.717) is 10.8 Å². The van der Waals surface area contributed by atoms with E-state index < -0.39 is 19.7 Å². The fourth-order valence-corrected chi connectivity index (χ4v) is 7.27. The van der Waals surface area contributed by atoms with Gasteiger partial charge in [0.1, 0.15) is 0 Å². The summed E-state index contributed by atoms with van der Waals surface area (Å²) in [6.45, 7) is 0. The van der Waals surface area contributed by atoms with Crippen LogP contribution in [0.4, 0.5) is 0 Å². The number of hydrogen-bond donors (Lipinski definition) is 0. The molecular weight excluding hydrogens is 646 g/mol. The van der Waals surface area contributed by atoms with Crippen molar-refractivity contribution >= 4 is 75.6 Å². The average molecular weight is 660 g/mol. The van der Waals surface area contributed by atoms with Gasteiger partial charge in [0.05, 0.1) is 19.6 Å². The third kappa shape index (κ3) is 4.14. The lowest BCUT2D eigenvalue weighted by Gasteiger charge is -2.09. The molecule has 0 spiro atoms. The highest BCUT2D eigenvalue weighted by molar-refractivity contribution is 14.1. The molecule has 4 aromatic carbocycles. The van der Waals surface area contributed by atoms with Crippen LogP contribution in [0.1, 0.15) is 0 Å². The molecule has 8 heteroatoms. The number of fused-ring (bicyclic) bond motifs is 1. The van der Waals surface area contributed by atoms with Gasteiger partial charge in [-0.1, -0.05) is 24.3 Å². The Kier molecular flexibility index (Phi) is 5.94. The maximum absolute atomic E-state index is 13.0. The van der Waals surface area contributed by atoms with E-state index in [2.05, 4.69) is 45.2 Å². The summed E-state index contributed by atoms with van der Waals surface area (Å²) in [6.07, 6.45) is 0. The van der Waals surface area contributed by atoms with Crippen LogP contribution in [-0.2, 0) is 19.7 Å². The normalized spacial score (nSPS) is 12.2. The van der Waals surface area contributed by atoms with Gasteiger partial charge in [-0.05, 0) is 117 Å². The molecule has 0 N–H and O–H groups in total. The highest BCUT2D eigenvalue weighted by atomic mass is 127. The zero-order valence-corrected chi connectivity index (χ0v) is 21.2. The average Bonchev–Trinajstić information content (AvgIpc) is 2.73. The molecule has 0 bridgehead atoms. The Morgan fingerprint density at radius 3 is 1.20 bits per heavy atom. The lowest BCUT2D eigenvalue weighted by Crippen LogP contribution is -2.03. The van der Waals surface area contributed by atoms with E-state index >= 15 is 0 Å². The first-order valence-corrected chi connectivity index (χ1v) is 13.9. The zero-order chi connectivity index (χ0) is 21.5. The molecule has 4 rings (SSSR count). The van der Waals surface area contributed by atoms with Gasteiger partial charge in [-0.15, -0.1) is 0 Å². The molecule has 0 aliphatic carbocycles. The molecule has 0 aliphatic rings. The minimum atomic E-state index is -3.66. The Bertz CT molecular complexity index is 1380. The van der Waals surface area contributed by atoms with Crippen LogP contribution < -0.4 is 0 Å². The second kappa shape index (κ2) is 8.21. The van der Waals surface area contributed by atoms with Crippen LogP contribution in [-0.4, -0.2) is 16.8 Å². The van der Waals surface area contributed by atoms with Gasteiger partial charge in [0.25, 0.3) is 0 Å². The Hall–Kier alpha value is -1.50. The summed E-state index contributed by atoms with van der Waals surface area (Å²) in [5, 5.41) is 1.31. The van der Waals surface area contributed by atoms with Gasteiger partial charge in [0, 0.05) is 7.14 Å². The predicted molar refractivity (Wildman–Crippen MR) is 133 cm³/mol. The third-order valence-electron chi connectivity index (χ3n) is 4.62. The van der Waals surface area contributed by atoms with Crippen molar-refractivity contribution in [3.8, 4) is 0 Å². The summed E-state index contributed by atoms with van der Waals surface area (Å²) in [5.41, 5.74) is 0. The lowest BCUT2D eigenvalue weighted by molar-refractivity contribution is 0.594. The summed E-state index contributed by atoms with van der Waals surface area (Å²) in [5.74, 6) is 0. The fraction of sp³-hybridized carbons (Fsp3) is 0. The van der Waals surface area contributed by atoms with E-state index in [1.54, 1.807) is 60.7 Å². The van der Waals surface area contributed by atoms with Crippen LogP contribution in [0.25, 0.3) is 10.8 Å². The largest absolute Gasteiger partial charge is 0.219 e. The Morgan fingerprint density at radius 2 is 0.833 bits per heavy atom. The first-order chi connectivity index (χ1) is 14.2. The second-order valence-electron chi connectivity index (χ2n) is 6.59. The van der Waals surface area contributed by atoms with Crippen molar-refractivity contribution in [2.24, 2.45) is 0 Å². The Morgan fingerprint density at radius 1 is 0.467 bits per heavy atom. The van der Waals surface area contributed by atoms with Gasteiger partial charge in [0.2, 0.25) is 19.7 Å². The van der Waals surface area contributed by atoms with Gasteiger partial charge < -0.3 is 0 Å². The number of rotatable bonds is 4. The molecule has 0 aromatic heterocycles. The maximum Gasteiger partial charge on any atom is 0.206 e. The molecule has 0 saturated heterocycles. The minimum absolute atomic E-state index is 0.172. The summed E-state index contributed by atoms with van der Waals surface area (Å²) in [6, 6.07) is 22.9. The molecule has 0 saturated carbocycles. The quantitative estimate of drug-likeness (QED) is 0.263. The molecule has 0 aliphatic heterocycles. The van der Waals surface area contributed by atoms with E-state index in [9.17, 15) is 16.8 Å². The van der Waals surface area contributed by atoms with Crippen molar-refractivity contribution in [2.45, 2.75) is 19.6 Å². The second-order valence-corrected chi connectivity index (χ2v) is 13.0. The van der Waals surface area contributed by atoms with Crippen LogP contribution in [0, 0.1) is 7.14 Å². The molecule has 4 aromatic rings. The summed E-state index contributed by atoms with van der Waals surface area (Å²) < 4.78 is 53.6. The fourth-order valence-electron chi connectivity index (χ4n) is 3.08. The van der Waals surface area contributed by atoms with Crippen LogP contribution >= 0.6 is 45.2 Å². The summed E-state index contributed by atoms with van der Waals surface area (Å²) in [4.78, 5) is 0.800. The van der Waals surface area contributed by atoms with Gasteiger partial charge >= 0.3 is 0 Å². The van der Waals surface area contributed by atoms with Crippen LogP contribution in [0.5, 0.6) is 0 Å². The first-order valence-electron chi connectivity index (χ1n) is 8.73. The van der Waals surface area contributed by atoms with Gasteiger partial charge in [-0.25, -0.2) is 16.8 Å². The SMILES string of the molecule is O=S(=O)(c1cccc(I)c1)c1ccc2cc(S(=O)(=O)c3cccc(I)c3)ccc2c1. The molecule has 0 radical (unpaired) electrons. The molecule has 4 nitrogen and oxygen atoms in total. The standard InChI is InChI=1S/C22H14I2O4S2/c23-17-3-1-5-19(13-17)29(25,26)21-9-7-16-12-22(10-8-15(16)11-21)30(27,28)20-6-2-4-18(24)14-20/h1-14H. The topological polar surface area (TPSA) is 68.3 Å². The first kappa shape index (κ1) is 21.7.